The minimum Gasteiger partial charge on any atom is -0.394 e. The standard InChI is InChI=1S/C14H18FN3O2/c1-18(8-13(20)9-19)7-11-6-16-17-14(11)10-2-4-12(15)5-3-10/h2-6,13,19-20H,7-9H2,1H3,(H,16,17). The zero-order chi connectivity index (χ0) is 14.5. The molecule has 108 valence electrons. The lowest BCUT2D eigenvalue weighted by Crippen LogP contribution is -2.31. The maximum Gasteiger partial charge on any atom is 0.123 e. The summed E-state index contributed by atoms with van der Waals surface area (Å²) in [6.45, 7) is 0.672. The summed E-state index contributed by atoms with van der Waals surface area (Å²) in [4.78, 5) is 1.89. The van der Waals surface area contributed by atoms with Crippen LogP contribution in [-0.2, 0) is 6.54 Å². The van der Waals surface area contributed by atoms with Crippen molar-refractivity contribution >= 4 is 0 Å². The number of H-pyrrole nitrogens is 1. The summed E-state index contributed by atoms with van der Waals surface area (Å²) in [6.07, 6.45) is 0.946. The Morgan fingerprint density at radius 3 is 2.70 bits per heavy atom. The Labute approximate surface area is 116 Å². The predicted octanol–water partition coefficient (Wildman–Crippen LogP) is 1.00. The van der Waals surface area contributed by atoms with Gasteiger partial charge in [-0.05, 0) is 31.3 Å². The number of hydrogen-bond acceptors (Lipinski definition) is 4. The molecule has 0 amide bonds. The van der Waals surface area contributed by atoms with E-state index in [9.17, 15) is 9.50 Å². The van der Waals surface area contributed by atoms with Crippen LogP contribution < -0.4 is 0 Å². The maximum absolute atomic E-state index is 12.9. The summed E-state index contributed by atoms with van der Waals surface area (Å²) in [5.41, 5.74) is 2.63. The Bertz CT molecular complexity index is 542. The van der Waals surface area contributed by atoms with Crippen LogP contribution in [0.15, 0.2) is 30.5 Å². The predicted molar refractivity (Wildman–Crippen MR) is 73.4 cm³/mol. The number of likely N-dealkylation sites (N-methyl/N-ethyl adjacent to an activating group) is 1. The number of benzene rings is 1. The first-order valence-electron chi connectivity index (χ1n) is 6.35. The largest absolute Gasteiger partial charge is 0.394 e. The van der Waals surface area contributed by atoms with Crippen molar-refractivity contribution < 1.29 is 14.6 Å². The summed E-state index contributed by atoms with van der Waals surface area (Å²) < 4.78 is 12.9. The first-order valence-corrected chi connectivity index (χ1v) is 6.35. The van der Waals surface area contributed by atoms with E-state index in [1.165, 1.54) is 12.1 Å². The van der Waals surface area contributed by atoms with Crippen molar-refractivity contribution in [2.45, 2.75) is 12.6 Å². The highest BCUT2D eigenvalue weighted by Gasteiger charge is 2.12. The van der Waals surface area contributed by atoms with Gasteiger partial charge in [-0.1, -0.05) is 0 Å². The zero-order valence-electron chi connectivity index (χ0n) is 11.3. The van der Waals surface area contributed by atoms with E-state index in [1.807, 2.05) is 11.9 Å². The number of aliphatic hydroxyl groups excluding tert-OH is 2. The van der Waals surface area contributed by atoms with E-state index in [0.717, 1.165) is 16.8 Å². The number of rotatable bonds is 6. The molecular formula is C14H18FN3O2. The van der Waals surface area contributed by atoms with Crippen LogP contribution in [0.4, 0.5) is 4.39 Å². The van der Waals surface area contributed by atoms with Crippen LogP contribution >= 0.6 is 0 Å². The van der Waals surface area contributed by atoms with Crippen LogP contribution in [0.3, 0.4) is 0 Å². The fourth-order valence-corrected chi connectivity index (χ4v) is 2.07. The minimum absolute atomic E-state index is 0.263. The maximum atomic E-state index is 12.9. The Hall–Kier alpha value is -1.76. The molecule has 0 bridgehead atoms. The van der Waals surface area contributed by atoms with Gasteiger partial charge in [0.15, 0.2) is 0 Å². The zero-order valence-corrected chi connectivity index (χ0v) is 11.3. The molecule has 1 atom stereocenters. The molecule has 1 heterocycles. The molecule has 3 N–H and O–H groups in total. The van der Waals surface area contributed by atoms with Gasteiger partial charge in [-0.3, -0.25) is 10.00 Å². The van der Waals surface area contributed by atoms with Crippen molar-refractivity contribution in [3.63, 3.8) is 0 Å². The first kappa shape index (κ1) is 14.6. The van der Waals surface area contributed by atoms with Gasteiger partial charge in [-0.25, -0.2) is 4.39 Å². The van der Waals surface area contributed by atoms with E-state index in [2.05, 4.69) is 10.2 Å². The van der Waals surface area contributed by atoms with Crippen LogP contribution in [0, 0.1) is 5.82 Å². The SMILES string of the molecule is CN(Cc1cn[nH]c1-c1ccc(F)cc1)CC(O)CO. The summed E-state index contributed by atoms with van der Waals surface area (Å²) in [5, 5.41) is 25.2. The number of aromatic nitrogens is 2. The molecule has 5 nitrogen and oxygen atoms in total. The molecule has 0 aliphatic heterocycles. The first-order chi connectivity index (χ1) is 9.60. The molecule has 0 spiro atoms. The van der Waals surface area contributed by atoms with Crippen molar-refractivity contribution in [1.82, 2.24) is 15.1 Å². The second-order valence-electron chi connectivity index (χ2n) is 4.81. The Balaban J connectivity index is 2.10. The van der Waals surface area contributed by atoms with Gasteiger partial charge in [0.05, 0.1) is 24.6 Å². The summed E-state index contributed by atoms with van der Waals surface area (Å²) in [5.74, 6) is -0.280. The molecule has 0 radical (unpaired) electrons. The smallest absolute Gasteiger partial charge is 0.123 e. The molecule has 20 heavy (non-hydrogen) atoms. The number of halogens is 1. The average molecular weight is 279 g/mol. The molecule has 0 saturated carbocycles. The normalized spacial score (nSPS) is 12.8. The van der Waals surface area contributed by atoms with E-state index in [1.54, 1.807) is 18.3 Å². The van der Waals surface area contributed by atoms with Gasteiger partial charge in [0.25, 0.3) is 0 Å². The highest BCUT2D eigenvalue weighted by Crippen LogP contribution is 2.22. The van der Waals surface area contributed by atoms with Crippen LogP contribution in [0.1, 0.15) is 5.56 Å². The lowest BCUT2D eigenvalue weighted by Gasteiger charge is -2.19. The monoisotopic (exact) mass is 279 g/mol. The number of nitrogens with one attached hydrogen (secondary N) is 1. The van der Waals surface area contributed by atoms with Crippen molar-refractivity contribution in [2.24, 2.45) is 0 Å². The van der Waals surface area contributed by atoms with Gasteiger partial charge < -0.3 is 10.2 Å². The van der Waals surface area contributed by atoms with E-state index < -0.39 is 6.10 Å². The highest BCUT2D eigenvalue weighted by atomic mass is 19.1. The Kier molecular flexibility index (Phi) is 4.84. The lowest BCUT2D eigenvalue weighted by atomic mass is 10.1. The minimum atomic E-state index is -0.763. The molecule has 0 fully saturated rings. The number of hydrogen-bond donors (Lipinski definition) is 3. The number of nitrogens with zero attached hydrogens (tertiary/aromatic N) is 2. The third-order valence-corrected chi connectivity index (χ3v) is 3.02. The van der Waals surface area contributed by atoms with E-state index in [-0.39, 0.29) is 12.4 Å². The number of aliphatic hydroxyl groups is 2. The summed E-state index contributed by atoms with van der Waals surface area (Å²) in [6, 6.07) is 6.18. The van der Waals surface area contributed by atoms with Crippen LogP contribution in [0.25, 0.3) is 11.3 Å². The van der Waals surface area contributed by atoms with Gasteiger partial charge in [-0.2, -0.15) is 5.10 Å². The van der Waals surface area contributed by atoms with Crippen LogP contribution in [0.5, 0.6) is 0 Å². The molecule has 0 aliphatic rings. The van der Waals surface area contributed by atoms with E-state index in [4.69, 9.17) is 5.11 Å². The molecule has 1 aromatic carbocycles. The summed E-state index contributed by atoms with van der Waals surface area (Å²) in [7, 11) is 1.85. The molecule has 6 heteroatoms. The molecule has 1 aromatic heterocycles. The van der Waals surface area contributed by atoms with Crippen LogP contribution in [0.2, 0.25) is 0 Å². The second-order valence-corrected chi connectivity index (χ2v) is 4.81. The van der Waals surface area contributed by atoms with Gasteiger partial charge in [0.2, 0.25) is 0 Å². The topological polar surface area (TPSA) is 72.4 Å². The molecule has 1 unspecified atom stereocenters. The van der Waals surface area contributed by atoms with Crippen molar-refractivity contribution in [3.8, 4) is 11.3 Å². The lowest BCUT2D eigenvalue weighted by molar-refractivity contribution is 0.0648. The fourth-order valence-electron chi connectivity index (χ4n) is 2.07. The van der Waals surface area contributed by atoms with Crippen LogP contribution in [-0.4, -0.2) is 51.6 Å². The highest BCUT2D eigenvalue weighted by molar-refractivity contribution is 5.62. The Morgan fingerprint density at radius 1 is 1.35 bits per heavy atom. The Morgan fingerprint density at radius 2 is 2.05 bits per heavy atom. The fraction of sp³-hybridized carbons (Fsp3) is 0.357. The third kappa shape index (κ3) is 3.63. The molecule has 2 aromatic rings. The van der Waals surface area contributed by atoms with Gasteiger partial charge in [-0.15, -0.1) is 0 Å². The van der Waals surface area contributed by atoms with Gasteiger partial charge in [0, 0.05) is 24.2 Å². The van der Waals surface area contributed by atoms with Gasteiger partial charge in [0.1, 0.15) is 5.82 Å². The van der Waals surface area contributed by atoms with E-state index >= 15 is 0 Å². The molecular weight excluding hydrogens is 261 g/mol. The van der Waals surface area contributed by atoms with E-state index in [0.29, 0.717) is 13.1 Å². The number of aromatic amines is 1. The molecule has 0 aliphatic carbocycles. The second kappa shape index (κ2) is 6.60. The van der Waals surface area contributed by atoms with Crippen molar-refractivity contribution in [1.29, 1.82) is 0 Å². The molecule has 0 saturated heterocycles. The van der Waals surface area contributed by atoms with Crippen molar-refractivity contribution in [3.05, 3.63) is 41.8 Å². The van der Waals surface area contributed by atoms with Gasteiger partial charge >= 0.3 is 0 Å². The summed E-state index contributed by atoms with van der Waals surface area (Å²) >= 11 is 0. The average Bonchev–Trinajstić information content (AvgIpc) is 2.87. The molecule has 2 rings (SSSR count). The quantitative estimate of drug-likeness (QED) is 0.737. The van der Waals surface area contributed by atoms with Crippen molar-refractivity contribution in [2.75, 3.05) is 20.2 Å². The third-order valence-electron chi connectivity index (χ3n) is 3.02.